The third kappa shape index (κ3) is 1.80. The van der Waals surface area contributed by atoms with Gasteiger partial charge in [0.25, 0.3) is 0 Å². The van der Waals surface area contributed by atoms with E-state index in [1.54, 1.807) is 11.8 Å². The summed E-state index contributed by atoms with van der Waals surface area (Å²) in [5, 5.41) is 0.672. The first-order valence-corrected chi connectivity index (χ1v) is 5.73. The molecule has 0 spiro atoms. The molecule has 1 aromatic carbocycles. The van der Waals surface area contributed by atoms with Gasteiger partial charge in [0.2, 0.25) is 0 Å². The van der Waals surface area contributed by atoms with Crippen LogP contribution in [0, 0.1) is 6.92 Å². The number of hydrogen-bond donors (Lipinski definition) is 1. The molecule has 0 amide bonds. The van der Waals surface area contributed by atoms with Crippen LogP contribution in [-0.2, 0) is 12.8 Å². The molecule has 0 radical (unpaired) electrons. The lowest BCUT2D eigenvalue weighted by Crippen LogP contribution is -1.92. The topological polar surface area (TPSA) is 26.0 Å². The smallest absolute Gasteiger partial charge is 0.0630 e. The summed E-state index contributed by atoms with van der Waals surface area (Å²) in [6.07, 6.45) is 3.76. The molecule has 0 heterocycles. The molecule has 1 aromatic rings. The van der Waals surface area contributed by atoms with Crippen LogP contribution in [0.15, 0.2) is 28.6 Å². The molecule has 0 unspecified atom stereocenters. The van der Waals surface area contributed by atoms with Gasteiger partial charge in [-0.05, 0) is 48.9 Å². The van der Waals surface area contributed by atoms with E-state index in [9.17, 15) is 0 Å². The minimum absolute atomic E-state index is 0.672. The molecule has 0 aromatic heterocycles. The first kappa shape index (κ1) is 9.66. The quantitative estimate of drug-likeness (QED) is 0.751. The van der Waals surface area contributed by atoms with E-state index < -0.39 is 0 Å². The zero-order valence-electron chi connectivity index (χ0n) is 8.47. The van der Waals surface area contributed by atoms with Gasteiger partial charge in [-0.1, -0.05) is 24.4 Å². The highest BCUT2D eigenvalue weighted by Crippen LogP contribution is 2.32. The van der Waals surface area contributed by atoms with Gasteiger partial charge in [0.1, 0.15) is 0 Å². The van der Waals surface area contributed by atoms with Crippen LogP contribution in [-0.4, -0.2) is 0 Å². The van der Waals surface area contributed by atoms with Crippen LogP contribution in [0.4, 0.5) is 0 Å². The highest BCUT2D eigenvalue weighted by Gasteiger charge is 2.13. The predicted octanol–water partition coefficient (Wildman–Crippen LogP) is 3.01. The summed E-state index contributed by atoms with van der Waals surface area (Å²) in [5.41, 5.74) is 9.95. The Morgan fingerprint density at radius 3 is 2.64 bits per heavy atom. The van der Waals surface area contributed by atoms with Gasteiger partial charge in [-0.3, -0.25) is 0 Å². The van der Waals surface area contributed by atoms with Crippen molar-refractivity contribution >= 4 is 11.8 Å². The Bertz CT molecular complexity index is 382. The molecule has 14 heavy (non-hydrogen) atoms. The molecule has 2 rings (SSSR count). The van der Waals surface area contributed by atoms with Gasteiger partial charge in [-0.2, -0.15) is 0 Å². The number of aryl methyl sites for hydroxylation is 3. The Balaban J connectivity index is 2.37. The minimum atomic E-state index is 0.672. The van der Waals surface area contributed by atoms with Crippen LogP contribution in [0.3, 0.4) is 0 Å². The van der Waals surface area contributed by atoms with Crippen molar-refractivity contribution < 1.29 is 0 Å². The van der Waals surface area contributed by atoms with Gasteiger partial charge >= 0.3 is 0 Å². The fourth-order valence-corrected chi connectivity index (χ4v) is 2.68. The van der Waals surface area contributed by atoms with E-state index in [1.165, 1.54) is 40.8 Å². The molecule has 0 saturated carbocycles. The van der Waals surface area contributed by atoms with Crippen molar-refractivity contribution in [3.8, 4) is 0 Å². The number of nitrogens with two attached hydrogens (primary N) is 1. The van der Waals surface area contributed by atoms with E-state index in [-0.39, 0.29) is 0 Å². The fraction of sp³-hybridized carbons (Fsp3) is 0.333. The largest absolute Gasteiger partial charge is 0.394 e. The van der Waals surface area contributed by atoms with E-state index >= 15 is 0 Å². The van der Waals surface area contributed by atoms with Crippen LogP contribution in [0.2, 0.25) is 0 Å². The van der Waals surface area contributed by atoms with Crippen LogP contribution >= 0.6 is 11.8 Å². The number of hydrogen-bond acceptors (Lipinski definition) is 2. The minimum Gasteiger partial charge on any atom is -0.394 e. The van der Waals surface area contributed by atoms with Crippen molar-refractivity contribution in [1.29, 1.82) is 0 Å². The SMILES string of the molecule is C=C(N)Sc1cc2c(cc1C)CCC2. The maximum Gasteiger partial charge on any atom is 0.0630 e. The van der Waals surface area contributed by atoms with E-state index in [1.807, 2.05) is 0 Å². The van der Waals surface area contributed by atoms with E-state index in [0.29, 0.717) is 5.03 Å². The monoisotopic (exact) mass is 205 g/mol. The second kappa shape index (κ2) is 3.70. The second-order valence-corrected chi connectivity index (χ2v) is 4.98. The van der Waals surface area contributed by atoms with Crippen molar-refractivity contribution in [2.45, 2.75) is 31.1 Å². The summed E-state index contributed by atoms with van der Waals surface area (Å²) in [4.78, 5) is 1.26. The van der Waals surface area contributed by atoms with Gasteiger partial charge in [0, 0.05) is 4.90 Å². The van der Waals surface area contributed by atoms with Crippen LogP contribution in [0.1, 0.15) is 23.1 Å². The molecule has 1 nitrogen and oxygen atoms in total. The molecule has 1 aliphatic carbocycles. The van der Waals surface area contributed by atoms with Crippen molar-refractivity contribution in [3.05, 3.63) is 40.4 Å². The third-order valence-corrected chi connectivity index (χ3v) is 3.55. The first-order chi connectivity index (χ1) is 6.66. The van der Waals surface area contributed by atoms with Gasteiger partial charge in [-0.25, -0.2) is 0 Å². The molecule has 2 heteroatoms. The Hall–Kier alpha value is -0.890. The molecule has 0 saturated heterocycles. The van der Waals surface area contributed by atoms with Gasteiger partial charge in [-0.15, -0.1) is 0 Å². The number of thioether (sulfide) groups is 1. The Kier molecular flexibility index (Phi) is 2.55. The van der Waals surface area contributed by atoms with E-state index in [0.717, 1.165) is 0 Å². The van der Waals surface area contributed by atoms with Gasteiger partial charge in [0.05, 0.1) is 5.03 Å². The summed E-state index contributed by atoms with van der Waals surface area (Å²) >= 11 is 1.57. The lowest BCUT2D eigenvalue weighted by atomic mass is 10.1. The zero-order chi connectivity index (χ0) is 10.1. The van der Waals surface area contributed by atoms with Crippen LogP contribution < -0.4 is 5.73 Å². The Labute approximate surface area is 89.4 Å². The Morgan fingerprint density at radius 1 is 1.36 bits per heavy atom. The average molecular weight is 205 g/mol. The normalized spacial score (nSPS) is 14.1. The highest BCUT2D eigenvalue weighted by molar-refractivity contribution is 8.03. The molecule has 0 atom stereocenters. The van der Waals surface area contributed by atoms with E-state index in [4.69, 9.17) is 5.73 Å². The standard InChI is InChI=1S/C12H15NS/c1-8-6-10-4-3-5-11(10)7-12(8)14-9(2)13/h6-7H,2-5,13H2,1H3. The number of benzene rings is 1. The summed E-state index contributed by atoms with van der Waals surface area (Å²) in [6, 6.07) is 4.58. The van der Waals surface area contributed by atoms with Gasteiger partial charge in [0.15, 0.2) is 0 Å². The average Bonchev–Trinajstić information content (AvgIpc) is 2.51. The fourth-order valence-electron chi connectivity index (χ4n) is 1.98. The molecule has 74 valence electrons. The van der Waals surface area contributed by atoms with Crippen molar-refractivity contribution in [3.63, 3.8) is 0 Å². The third-order valence-electron chi connectivity index (χ3n) is 2.63. The molecule has 2 N–H and O–H groups in total. The molecular weight excluding hydrogens is 190 g/mol. The summed E-state index contributed by atoms with van der Waals surface area (Å²) in [5.74, 6) is 0. The predicted molar refractivity (Wildman–Crippen MR) is 62.4 cm³/mol. The molecule has 1 aliphatic rings. The molecule has 0 aliphatic heterocycles. The van der Waals surface area contributed by atoms with Crippen molar-refractivity contribution in [2.75, 3.05) is 0 Å². The zero-order valence-corrected chi connectivity index (χ0v) is 9.29. The van der Waals surface area contributed by atoms with Crippen molar-refractivity contribution in [2.24, 2.45) is 5.73 Å². The van der Waals surface area contributed by atoms with Crippen LogP contribution in [0.25, 0.3) is 0 Å². The summed E-state index contributed by atoms with van der Waals surface area (Å²) < 4.78 is 0. The maximum absolute atomic E-state index is 5.61. The van der Waals surface area contributed by atoms with Gasteiger partial charge < -0.3 is 5.73 Å². The molecule has 0 bridgehead atoms. The highest BCUT2D eigenvalue weighted by atomic mass is 32.2. The second-order valence-electron chi connectivity index (χ2n) is 3.81. The molecular formula is C12H15NS. The van der Waals surface area contributed by atoms with Crippen molar-refractivity contribution in [1.82, 2.24) is 0 Å². The Morgan fingerprint density at radius 2 is 2.00 bits per heavy atom. The summed E-state index contributed by atoms with van der Waals surface area (Å²) in [7, 11) is 0. The maximum atomic E-state index is 5.61. The summed E-state index contributed by atoms with van der Waals surface area (Å²) in [6.45, 7) is 5.87. The number of rotatable bonds is 2. The first-order valence-electron chi connectivity index (χ1n) is 4.91. The van der Waals surface area contributed by atoms with Crippen LogP contribution in [0.5, 0.6) is 0 Å². The molecule has 0 fully saturated rings. The lowest BCUT2D eigenvalue weighted by Gasteiger charge is -2.08. The lowest BCUT2D eigenvalue weighted by molar-refractivity contribution is 0.911. The number of fused-ring (bicyclic) bond motifs is 1. The van der Waals surface area contributed by atoms with E-state index in [2.05, 4.69) is 25.6 Å².